The molecular formula is C19H23N3O2. The van der Waals surface area contributed by atoms with Gasteiger partial charge in [0.2, 0.25) is 0 Å². The lowest BCUT2D eigenvalue weighted by molar-refractivity contribution is 0.0940. The predicted molar refractivity (Wildman–Crippen MR) is 93.7 cm³/mol. The maximum atomic E-state index is 12.1. The third-order valence-electron chi connectivity index (χ3n) is 3.68. The van der Waals surface area contributed by atoms with Gasteiger partial charge in [0.05, 0.1) is 0 Å². The Balaban J connectivity index is 1.84. The van der Waals surface area contributed by atoms with Crippen LogP contribution in [0.3, 0.4) is 0 Å². The van der Waals surface area contributed by atoms with E-state index in [1.807, 2.05) is 12.1 Å². The molecule has 0 fully saturated rings. The second kappa shape index (κ2) is 9.45. The van der Waals surface area contributed by atoms with Crippen LogP contribution in [0.25, 0.3) is 0 Å². The van der Waals surface area contributed by atoms with Crippen molar-refractivity contribution in [3.63, 3.8) is 0 Å². The Kier molecular flexibility index (Phi) is 6.95. The van der Waals surface area contributed by atoms with E-state index < -0.39 is 0 Å². The van der Waals surface area contributed by atoms with E-state index in [4.69, 9.17) is 0 Å². The van der Waals surface area contributed by atoms with Gasteiger partial charge in [0.15, 0.2) is 0 Å². The summed E-state index contributed by atoms with van der Waals surface area (Å²) in [5, 5.41) is 5.73. The third kappa shape index (κ3) is 5.50. The molecule has 0 saturated carbocycles. The lowest BCUT2D eigenvalue weighted by Crippen LogP contribution is -2.25. The molecule has 0 radical (unpaired) electrons. The van der Waals surface area contributed by atoms with Crippen molar-refractivity contribution in [1.29, 1.82) is 0 Å². The SMILES string of the molecule is CCCCCNC(=O)c1ccc(C(=O)NCc2ccncc2)cc1. The monoisotopic (exact) mass is 325 g/mol. The Hall–Kier alpha value is -2.69. The number of hydrogen-bond donors (Lipinski definition) is 2. The van der Waals surface area contributed by atoms with Gasteiger partial charge in [-0.1, -0.05) is 19.8 Å². The fraction of sp³-hybridized carbons (Fsp3) is 0.316. The summed E-state index contributed by atoms with van der Waals surface area (Å²) in [5.74, 6) is -0.267. The Bertz CT molecular complexity index is 654. The van der Waals surface area contributed by atoms with E-state index in [9.17, 15) is 9.59 Å². The van der Waals surface area contributed by atoms with Crippen LogP contribution in [-0.2, 0) is 6.54 Å². The lowest BCUT2D eigenvalue weighted by atomic mass is 10.1. The number of amides is 2. The van der Waals surface area contributed by atoms with E-state index in [-0.39, 0.29) is 11.8 Å². The van der Waals surface area contributed by atoms with Gasteiger partial charge in [0.1, 0.15) is 0 Å². The third-order valence-corrected chi connectivity index (χ3v) is 3.68. The van der Waals surface area contributed by atoms with Gasteiger partial charge in [-0.05, 0) is 48.4 Å². The molecule has 1 aromatic heterocycles. The van der Waals surface area contributed by atoms with Gasteiger partial charge in [-0.2, -0.15) is 0 Å². The highest BCUT2D eigenvalue weighted by Crippen LogP contribution is 2.06. The highest BCUT2D eigenvalue weighted by molar-refractivity contribution is 5.97. The van der Waals surface area contributed by atoms with Gasteiger partial charge >= 0.3 is 0 Å². The molecule has 5 nitrogen and oxygen atoms in total. The molecule has 24 heavy (non-hydrogen) atoms. The van der Waals surface area contributed by atoms with E-state index in [1.165, 1.54) is 0 Å². The van der Waals surface area contributed by atoms with Crippen molar-refractivity contribution in [1.82, 2.24) is 15.6 Å². The molecule has 2 rings (SSSR count). The molecule has 2 N–H and O–H groups in total. The topological polar surface area (TPSA) is 71.1 Å². The normalized spacial score (nSPS) is 10.2. The summed E-state index contributed by atoms with van der Waals surface area (Å²) in [7, 11) is 0. The van der Waals surface area contributed by atoms with Crippen LogP contribution in [0.2, 0.25) is 0 Å². The fourth-order valence-electron chi connectivity index (χ4n) is 2.24. The standard InChI is InChI=1S/C19H23N3O2/c1-2-3-4-11-21-18(23)16-5-7-17(8-6-16)19(24)22-14-15-9-12-20-13-10-15/h5-10,12-13H,2-4,11,14H2,1H3,(H,21,23)(H,22,24). The summed E-state index contributed by atoms with van der Waals surface area (Å²) in [6.45, 7) is 3.25. The minimum atomic E-state index is -0.165. The summed E-state index contributed by atoms with van der Waals surface area (Å²) < 4.78 is 0. The predicted octanol–water partition coefficient (Wildman–Crippen LogP) is 2.93. The van der Waals surface area contributed by atoms with Crippen molar-refractivity contribution in [2.45, 2.75) is 32.7 Å². The molecule has 0 bridgehead atoms. The zero-order chi connectivity index (χ0) is 17.2. The number of aromatic nitrogens is 1. The van der Waals surface area contributed by atoms with Crippen LogP contribution in [0.15, 0.2) is 48.8 Å². The smallest absolute Gasteiger partial charge is 0.251 e. The molecule has 0 spiro atoms. The van der Waals surface area contributed by atoms with Crippen LogP contribution in [0.4, 0.5) is 0 Å². The van der Waals surface area contributed by atoms with E-state index >= 15 is 0 Å². The van der Waals surface area contributed by atoms with Crippen LogP contribution in [0, 0.1) is 0 Å². The number of benzene rings is 1. The van der Waals surface area contributed by atoms with E-state index in [0.29, 0.717) is 24.2 Å². The fourth-order valence-corrected chi connectivity index (χ4v) is 2.24. The largest absolute Gasteiger partial charge is 0.352 e. The first-order valence-electron chi connectivity index (χ1n) is 8.26. The highest BCUT2D eigenvalue weighted by atomic mass is 16.2. The first-order valence-corrected chi connectivity index (χ1v) is 8.26. The number of rotatable bonds is 8. The number of nitrogens with zero attached hydrogens (tertiary/aromatic N) is 1. The zero-order valence-electron chi connectivity index (χ0n) is 13.9. The van der Waals surface area contributed by atoms with Gasteiger partial charge < -0.3 is 10.6 Å². The highest BCUT2D eigenvalue weighted by Gasteiger charge is 2.08. The van der Waals surface area contributed by atoms with Crippen LogP contribution < -0.4 is 10.6 Å². The van der Waals surface area contributed by atoms with E-state index in [1.54, 1.807) is 36.7 Å². The molecule has 0 saturated heterocycles. The summed E-state index contributed by atoms with van der Waals surface area (Å²) in [4.78, 5) is 28.0. The van der Waals surface area contributed by atoms with Gasteiger partial charge in [-0.3, -0.25) is 14.6 Å². The van der Waals surface area contributed by atoms with Crippen molar-refractivity contribution < 1.29 is 9.59 Å². The molecule has 2 amide bonds. The molecule has 0 aliphatic heterocycles. The number of unbranched alkanes of at least 4 members (excludes halogenated alkanes) is 2. The molecule has 0 atom stereocenters. The van der Waals surface area contributed by atoms with Gasteiger partial charge in [-0.25, -0.2) is 0 Å². The molecular weight excluding hydrogens is 302 g/mol. The average Bonchev–Trinajstić information content (AvgIpc) is 2.64. The van der Waals surface area contributed by atoms with Crippen LogP contribution in [-0.4, -0.2) is 23.3 Å². The zero-order valence-corrected chi connectivity index (χ0v) is 13.9. The number of hydrogen-bond acceptors (Lipinski definition) is 3. The second-order valence-electron chi connectivity index (χ2n) is 5.58. The quantitative estimate of drug-likeness (QED) is 0.733. The molecule has 1 aromatic carbocycles. The molecule has 2 aromatic rings. The number of carbonyl (C=O) groups is 2. The Morgan fingerprint density at radius 1 is 0.875 bits per heavy atom. The Labute approximate surface area is 142 Å². The van der Waals surface area contributed by atoms with Gasteiger partial charge in [-0.15, -0.1) is 0 Å². The maximum absolute atomic E-state index is 12.1. The first-order chi connectivity index (χ1) is 11.7. The van der Waals surface area contributed by atoms with Gasteiger partial charge in [0, 0.05) is 36.6 Å². The lowest BCUT2D eigenvalue weighted by Gasteiger charge is -2.07. The average molecular weight is 325 g/mol. The van der Waals surface area contributed by atoms with Crippen LogP contribution in [0.5, 0.6) is 0 Å². The number of pyridine rings is 1. The van der Waals surface area contributed by atoms with E-state index in [2.05, 4.69) is 22.5 Å². The molecule has 5 heteroatoms. The molecule has 1 heterocycles. The number of carbonyl (C=O) groups excluding carboxylic acids is 2. The first kappa shape index (κ1) is 17.7. The summed E-state index contributed by atoms with van der Waals surface area (Å²) >= 11 is 0. The summed E-state index contributed by atoms with van der Waals surface area (Å²) in [6.07, 6.45) is 6.60. The molecule has 0 unspecified atom stereocenters. The minimum Gasteiger partial charge on any atom is -0.352 e. The van der Waals surface area contributed by atoms with E-state index in [0.717, 1.165) is 24.8 Å². The van der Waals surface area contributed by atoms with Crippen molar-refractivity contribution >= 4 is 11.8 Å². The maximum Gasteiger partial charge on any atom is 0.251 e. The van der Waals surface area contributed by atoms with Crippen molar-refractivity contribution in [3.05, 3.63) is 65.5 Å². The van der Waals surface area contributed by atoms with Crippen LogP contribution in [0.1, 0.15) is 52.5 Å². The van der Waals surface area contributed by atoms with Crippen molar-refractivity contribution in [3.8, 4) is 0 Å². The Morgan fingerprint density at radius 3 is 2.04 bits per heavy atom. The minimum absolute atomic E-state index is 0.102. The summed E-state index contributed by atoms with van der Waals surface area (Å²) in [5.41, 5.74) is 2.09. The summed E-state index contributed by atoms with van der Waals surface area (Å²) in [6, 6.07) is 10.4. The van der Waals surface area contributed by atoms with Crippen molar-refractivity contribution in [2.75, 3.05) is 6.54 Å². The second-order valence-corrected chi connectivity index (χ2v) is 5.58. The van der Waals surface area contributed by atoms with Crippen LogP contribution >= 0.6 is 0 Å². The molecule has 126 valence electrons. The Morgan fingerprint density at radius 2 is 1.46 bits per heavy atom. The molecule has 0 aliphatic rings. The molecule has 0 aliphatic carbocycles. The van der Waals surface area contributed by atoms with Crippen molar-refractivity contribution in [2.24, 2.45) is 0 Å². The van der Waals surface area contributed by atoms with Gasteiger partial charge in [0.25, 0.3) is 11.8 Å². The number of nitrogens with one attached hydrogen (secondary N) is 2.